The molecule has 36 heavy (non-hydrogen) atoms. The molecular formula is C29H32O7. The molecule has 7 heteroatoms. The van der Waals surface area contributed by atoms with Crippen LogP contribution in [0.25, 0.3) is 5.57 Å². The Kier molecular flexibility index (Phi) is 8.59. The first-order valence-electron chi connectivity index (χ1n) is 11.7. The Morgan fingerprint density at radius 2 is 1.67 bits per heavy atom. The zero-order chi connectivity index (χ0) is 26.3. The number of cyclic esters (lactones) is 1. The summed E-state index contributed by atoms with van der Waals surface area (Å²) in [5, 5.41) is 20.2. The molecule has 1 aliphatic heterocycles. The summed E-state index contributed by atoms with van der Waals surface area (Å²) in [5.74, 6) is -1.83. The average Bonchev–Trinajstić information content (AvgIpc) is 3.10. The van der Waals surface area contributed by atoms with Crippen molar-refractivity contribution in [1.29, 1.82) is 0 Å². The molecule has 1 aliphatic rings. The van der Waals surface area contributed by atoms with Crippen LogP contribution < -0.4 is 4.74 Å². The highest BCUT2D eigenvalue weighted by Crippen LogP contribution is 2.43. The van der Waals surface area contributed by atoms with Crippen LogP contribution in [0, 0.1) is 0 Å². The van der Waals surface area contributed by atoms with E-state index in [1.165, 1.54) is 30.4 Å². The number of benzene rings is 2. The minimum atomic E-state index is -1.87. The summed E-state index contributed by atoms with van der Waals surface area (Å²) >= 11 is 0. The number of phenols is 1. The van der Waals surface area contributed by atoms with Crippen LogP contribution in [0.15, 0.2) is 77.6 Å². The standard InChI is InChI=1S/C29H32O7/c1-19(2)6-5-7-20(3)16-17-35-24-14-10-22(11-15-24)25-26(31)27(32)36-29(25,28(33)34-4)18-21-8-12-23(30)13-9-21/h6,8-16,30-31H,5,7,17-18H2,1-4H3/b20-16+/t29-/m1/s1. The van der Waals surface area contributed by atoms with E-state index in [9.17, 15) is 19.8 Å². The molecule has 0 bridgehead atoms. The van der Waals surface area contributed by atoms with Crippen molar-refractivity contribution in [2.75, 3.05) is 13.7 Å². The molecule has 0 saturated carbocycles. The van der Waals surface area contributed by atoms with Crippen LogP contribution in [-0.2, 0) is 25.5 Å². The van der Waals surface area contributed by atoms with E-state index < -0.39 is 23.3 Å². The molecule has 0 aliphatic carbocycles. The van der Waals surface area contributed by atoms with Crippen LogP contribution >= 0.6 is 0 Å². The van der Waals surface area contributed by atoms with Gasteiger partial charge in [-0.25, -0.2) is 9.59 Å². The van der Waals surface area contributed by atoms with Gasteiger partial charge in [-0.2, -0.15) is 0 Å². The molecule has 3 rings (SSSR count). The number of esters is 2. The van der Waals surface area contributed by atoms with E-state index in [1.54, 1.807) is 36.4 Å². The third kappa shape index (κ3) is 6.16. The summed E-state index contributed by atoms with van der Waals surface area (Å²) in [6, 6.07) is 12.8. The normalized spacial score (nSPS) is 17.6. The van der Waals surface area contributed by atoms with Crippen molar-refractivity contribution in [3.8, 4) is 11.5 Å². The summed E-state index contributed by atoms with van der Waals surface area (Å²) in [7, 11) is 1.19. The van der Waals surface area contributed by atoms with Crippen molar-refractivity contribution in [3.05, 3.63) is 88.7 Å². The van der Waals surface area contributed by atoms with E-state index in [1.807, 2.05) is 6.08 Å². The van der Waals surface area contributed by atoms with Crippen molar-refractivity contribution in [2.45, 2.75) is 45.6 Å². The number of carbonyl (C=O) groups is 2. The molecule has 2 aromatic rings. The summed E-state index contributed by atoms with van der Waals surface area (Å²) in [4.78, 5) is 25.3. The number of methoxy groups -OCH3 is 1. The minimum absolute atomic E-state index is 0.0222. The van der Waals surface area contributed by atoms with E-state index in [2.05, 4.69) is 26.8 Å². The van der Waals surface area contributed by atoms with E-state index in [-0.39, 0.29) is 17.7 Å². The second-order valence-corrected chi connectivity index (χ2v) is 8.98. The van der Waals surface area contributed by atoms with Gasteiger partial charge in [-0.15, -0.1) is 0 Å². The third-order valence-electron chi connectivity index (χ3n) is 5.92. The largest absolute Gasteiger partial charge is 0.508 e. The fourth-order valence-electron chi connectivity index (χ4n) is 4.02. The molecule has 1 heterocycles. The number of hydrogen-bond donors (Lipinski definition) is 2. The molecule has 0 spiro atoms. The molecule has 0 radical (unpaired) electrons. The number of phenolic OH excluding ortho intramolecular Hbond substituents is 1. The lowest BCUT2D eigenvalue weighted by Crippen LogP contribution is -2.44. The molecule has 2 N–H and O–H groups in total. The number of aromatic hydroxyl groups is 1. The van der Waals surface area contributed by atoms with E-state index in [0.717, 1.165) is 12.8 Å². The van der Waals surface area contributed by atoms with Gasteiger partial charge in [-0.05, 0) is 75.1 Å². The van der Waals surface area contributed by atoms with Crippen molar-refractivity contribution in [1.82, 2.24) is 0 Å². The maximum absolute atomic E-state index is 12.9. The number of hydrogen-bond acceptors (Lipinski definition) is 7. The molecule has 0 saturated heterocycles. The lowest BCUT2D eigenvalue weighted by Gasteiger charge is -2.28. The minimum Gasteiger partial charge on any atom is -0.508 e. The zero-order valence-corrected chi connectivity index (χ0v) is 21.0. The maximum atomic E-state index is 12.9. The molecule has 2 aromatic carbocycles. The van der Waals surface area contributed by atoms with Crippen LogP contribution in [0.3, 0.4) is 0 Å². The molecular weight excluding hydrogens is 460 g/mol. The molecule has 7 nitrogen and oxygen atoms in total. The van der Waals surface area contributed by atoms with Gasteiger partial charge in [0.2, 0.25) is 11.4 Å². The maximum Gasteiger partial charge on any atom is 0.375 e. The smallest absolute Gasteiger partial charge is 0.375 e. The third-order valence-corrected chi connectivity index (χ3v) is 5.92. The average molecular weight is 493 g/mol. The van der Waals surface area contributed by atoms with Crippen LogP contribution in [0.5, 0.6) is 11.5 Å². The Morgan fingerprint density at radius 1 is 1.00 bits per heavy atom. The van der Waals surface area contributed by atoms with Gasteiger partial charge in [-0.3, -0.25) is 0 Å². The van der Waals surface area contributed by atoms with Gasteiger partial charge >= 0.3 is 11.9 Å². The Balaban J connectivity index is 1.82. The fraction of sp³-hybridized carbons (Fsp3) is 0.310. The summed E-state index contributed by atoms with van der Waals surface area (Å²) in [5.41, 5.74) is 1.70. The lowest BCUT2D eigenvalue weighted by atomic mass is 9.83. The second-order valence-electron chi connectivity index (χ2n) is 8.98. The number of aliphatic hydroxyl groups excluding tert-OH is 1. The lowest BCUT2D eigenvalue weighted by molar-refractivity contribution is -0.169. The van der Waals surface area contributed by atoms with Crippen LogP contribution in [-0.4, -0.2) is 41.5 Å². The SMILES string of the molecule is COC(=O)[C@]1(Cc2ccc(O)cc2)OC(=O)C(O)=C1c1ccc(OC/C=C(\C)CCC=C(C)C)cc1. The molecule has 190 valence electrons. The van der Waals surface area contributed by atoms with Gasteiger partial charge in [0.05, 0.1) is 12.7 Å². The van der Waals surface area contributed by atoms with Gasteiger partial charge in [-0.1, -0.05) is 41.5 Å². The number of rotatable bonds is 10. The first-order chi connectivity index (χ1) is 17.2. The van der Waals surface area contributed by atoms with Crippen molar-refractivity contribution < 1.29 is 34.0 Å². The quantitative estimate of drug-likeness (QED) is 0.336. The van der Waals surface area contributed by atoms with Gasteiger partial charge in [0, 0.05) is 6.42 Å². The predicted octanol–water partition coefficient (Wildman–Crippen LogP) is 5.44. The molecule has 1 atom stereocenters. The first kappa shape index (κ1) is 26.6. The van der Waals surface area contributed by atoms with Gasteiger partial charge < -0.3 is 24.4 Å². The Labute approximate surface area is 211 Å². The molecule has 0 aromatic heterocycles. The number of aliphatic hydroxyl groups is 1. The highest BCUT2D eigenvalue weighted by Gasteiger charge is 2.55. The second kappa shape index (κ2) is 11.6. The summed E-state index contributed by atoms with van der Waals surface area (Å²) in [6.07, 6.45) is 6.11. The Hall–Kier alpha value is -4.00. The summed E-state index contributed by atoms with van der Waals surface area (Å²) < 4.78 is 16.2. The van der Waals surface area contributed by atoms with Crippen LogP contribution in [0.4, 0.5) is 0 Å². The van der Waals surface area contributed by atoms with E-state index in [0.29, 0.717) is 23.5 Å². The highest BCUT2D eigenvalue weighted by atomic mass is 16.6. The topological polar surface area (TPSA) is 102 Å². The van der Waals surface area contributed by atoms with Gasteiger partial charge in [0.25, 0.3) is 0 Å². The molecule has 0 fully saturated rings. The highest BCUT2D eigenvalue weighted by molar-refractivity contribution is 6.11. The number of allylic oxidation sites excluding steroid dienone is 3. The molecule has 0 unspecified atom stereocenters. The van der Waals surface area contributed by atoms with Crippen molar-refractivity contribution >= 4 is 17.5 Å². The first-order valence-corrected chi connectivity index (χ1v) is 11.7. The van der Waals surface area contributed by atoms with Gasteiger partial charge in [0.15, 0.2) is 0 Å². The van der Waals surface area contributed by atoms with E-state index in [4.69, 9.17) is 14.2 Å². The Bertz CT molecular complexity index is 1180. The van der Waals surface area contributed by atoms with Crippen LogP contribution in [0.2, 0.25) is 0 Å². The predicted molar refractivity (Wildman–Crippen MR) is 137 cm³/mol. The summed E-state index contributed by atoms with van der Waals surface area (Å²) in [6.45, 7) is 6.64. The monoisotopic (exact) mass is 492 g/mol. The van der Waals surface area contributed by atoms with Crippen LogP contribution in [0.1, 0.15) is 44.7 Å². The zero-order valence-electron chi connectivity index (χ0n) is 21.0. The van der Waals surface area contributed by atoms with Crippen molar-refractivity contribution in [2.24, 2.45) is 0 Å². The molecule has 0 amide bonds. The number of ether oxygens (including phenoxy) is 3. The van der Waals surface area contributed by atoms with Gasteiger partial charge in [0.1, 0.15) is 18.1 Å². The fourth-order valence-corrected chi connectivity index (χ4v) is 4.02. The van der Waals surface area contributed by atoms with E-state index >= 15 is 0 Å². The number of carbonyl (C=O) groups excluding carboxylic acids is 2. The Morgan fingerprint density at radius 3 is 2.28 bits per heavy atom. The van der Waals surface area contributed by atoms with Crippen molar-refractivity contribution in [3.63, 3.8) is 0 Å².